The van der Waals surface area contributed by atoms with Crippen molar-refractivity contribution in [3.05, 3.63) is 0 Å². The molecule has 0 spiro atoms. The van der Waals surface area contributed by atoms with Gasteiger partial charge in [0.05, 0.1) is 11.5 Å². The maximum atomic E-state index is 12.0. The molecular weight excluding hydrogens is 330 g/mol. The van der Waals surface area contributed by atoms with E-state index in [1.807, 2.05) is 11.8 Å². The molecule has 0 unspecified atom stereocenters. The second-order valence-electron chi connectivity index (χ2n) is 6.20. The van der Waals surface area contributed by atoms with Crippen molar-refractivity contribution in [3.8, 4) is 0 Å². The van der Waals surface area contributed by atoms with Crippen molar-refractivity contribution in [3.63, 3.8) is 0 Å². The van der Waals surface area contributed by atoms with E-state index in [4.69, 9.17) is 0 Å². The lowest BCUT2D eigenvalue weighted by Crippen LogP contribution is -2.46. The largest absolute Gasteiger partial charge is 0.357 e. The first-order chi connectivity index (χ1) is 11.5. The Hall–Kier alpha value is -1.35. The molecule has 0 aliphatic carbocycles. The van der Waals surface area contributed by atoms with Gasteiger partial charge in [0.1, 0.15) is 6.54 Å². The number of sulfone groups is 1. The van der Waals surface area contributed by atoms with E-state index in [-0.39, 0.29) is 24.0 Å². The summed E-state index contributed by atoms with van der Waals surface area (Å²) in [6.07, 6.45) is 2.17. The quantitative estimate of drug-likeness (QED) is 0.462. The zero-order chi connectivity index (χ0) is 17.4. The standard InChI is InChI=1S/C15H29N5O3S/c1-2-16-15(18-13-14(21)20-6-3-4-7-20)17-5-8-19-9-11-24(22,23)12-10-19/h2-13H2,1H3,(H2,16,17,18). The molecule has 2 fully saturated rings. The third kappa shape index (κ3) is 6.27. The first-order valence-corrected chi connectivity index (χ1v) is 10.5. The monoisotopic (exact) mass is 359 g/mol. The number of aliphatic imine (C=N–C) groups is 1. The van der Waals surface area contributed by atoms with Gasteiger partial charge in [-0.05, 0) is 19.8 Å². The molecule has 0 atom stereocenters. The van der Waals surface area contributed by atoms with Gasteiger partial charge in [-0.3, -0.25) is 9.69 Å². The van der Waals surface area contributed by atoms with Crippen LogP contribution in [-0.4, -0.2) is 93.9 Å². The summed E-state index contributed by atoms with van der Waals surface area (Å²) < 4.78 is 22.8. The molecule has 0 aromatic carbocycles. The fraction of sp³-hybridized carbons (Fsp3) is 0.867. The highest BCUT2D eigenvalue weighted by molar-refractivity contribution is 7.91. The Balaban J connectivity index is 1.72. The van der Waals surface area contributed by atoms with Crippen molar-refractivity contribution < 1.29 is 13.2 Å². The molecule has 2 heterocycles. The smallest absolute Gasteiger partial charge is 0.244 e. The van der Waals surface area contributed by atoms with Gasteiger partial charge in [-0.15, -0.1) is 0 Å². The first kappa shape index (κ1) is 19.0. The number of rotatable bonds is 6. The highest BCUT2D eigenvalue weighted by Crippen LogP contribution is 2.07. The molecule has 2 aliphatic heterocycles. The lowest BCUT2D eigenvalue weighted by molar-refractivity contribution is -0.128. The Morgan fingerprint density at radius 2 is 1.75 bits per heavy atom. The predicted octanol–water partition coefficient (Wildman–Crippen LogP) is -1.11. The van der Waals surface area contributed by atoms with Gasteiger partial charge in [0.2, 0.25) is 5.91 Å². The minimum Gasteiger partial charge on any atom is -0.357 e. The summed E-state index contributed by atoms with van der Waals surface area (Å²) in [6.45, 7) is 7.17. The zero-order valence-electron chi connectivity index (χ0n) is 14.5. The fourth-order valence-electron chi connectivity index (χ4n) is 2.86. The molecule has 0 saturated carbocycles. The molecule has 24 heavy (non-hydrogen) atoms. The summed E-state index contributed by atoms with van der Waals surface area (Å²) >= 11 is 0. The van der Waals surface area contributed by atoms with Gasteiger partial charge in [0, 0.05) is 45.8 Å². The lowest BCUT2D eigenvalue weighted by Gasteiger charge is -2.26. The van der Waals surface area contributed by atoms with Gasteiger partial charge >= 0.3 is 0 Å². The third-order valence-electron chi connectivity index (χ3n) is 4.33. The second-order valence-corrected chi connectivity index (χ2v) is 8.51. The SMILES string of the molecule is CCNC(=NCC(=O)N1CCCC1)NCCN1CCS(=O)(=O)CC1. The van der Waals surface area contributed by atoms with Crippen molar-refractivity contribution in [2.45, 2.75) is 19.8 Å². The van der Waals surface area contributed by atoms with Gasteiger partial charge < -0.3 is 15.5 Å². The number of nitrogens with zero attached hydrogens (tertiary/aromatic N) is 3. The van der Waals surface area contributed by atoms with E-state index in [1.165, 1.54) is 0 Å². The van der Waals surface area contributed by atoms with Crippen LogP contribution in [0.1, 0.15) is 19.8 Å². The van der Waals surface area contributed by atoms with Gasteiger partial charge in [0.15, 0.2) is 15.8 Å². The summed E-state index contributed by atoms with van der Waals surface area (Å²) in [5.41, 5.74) is 0. The van der Waals surface area contributed by atoms with Crippen LogP contribution in [0.2, 0.25) is 0 Å². The molecule has 2 N–H and O–H groups in total. The molecule has 0 aromatic heterocycles. The fourth-order valence-corrected chi connectivity index (χ4v) is 4.14. The normalized spacial score (nSPS) is 21.7. The van der Waals surface area contributed by atoms with E-state index in [2.05, 4.69) is 20.5 Å². The second kappa shape index (κ2) is 9.22. The maximum Gasteiger partial charge on any atom is 0.244 e. The first-order valence-electron chi connectivity index (χ1n) is 8.73. The van der Waals surface area contributed by atoms with Crippen molar-refractivity contribution in [2.75, 3.05) is 63.9 Å². The number of likely N-dealkylation sites (tertiary alicyclic amines) is 1. The number of guanidine groups is 1. The van der Waals surface area contributed by atoms with E-state index in [9.17, 15) is 13.2 Å². The molecule has 2 saturated heterocycles. The Morgan fingerprint density at radius 3 is 2.38 bits per heavy atom. The van der Waals surface area contributed by atoms with E-state index in [0.29, 0.717) is 25.6 Å². The van der Waals surface area contributed by atoms with Crippen LogP contribution in [0, 0.1) is 0 Å². The summed E-state index contributed by atoms with van der Waals surface area (Å²) in [5, 5.41) is 6.34. The Labute approximate surface area is 144 Å². The summed E-state index contributed by atoms with van der Waals surface area (Å²) in [4.78, 5) is 20.4. The van der Waals surface area contributed by atoms with Crippen molar-refractivity contribution >= 4 is 21.7 Å². The van der Waals surface area contributed by atoms with Crippen LogP contribution in [0.3, 0.4) is 0 Å². The van der Waals surface area contributed by atoms with Crippen LogP contribution >= 0.6 is 0 Å². The third-order valence-corrected chi connectivity index (χ3v) is 5.94. The average Bonchev–Trinajstić information content (AvgIpc) is 3.08. The molecule has 2 rings (SSSR count). The van der Waals surface area contributed by atoms with Gasteiger partial charge in [-0.25, -0.2) is 13.4 Å². The van der Waals surface area contributed by atoms with Crippen molar-refractivity contribution in [1.82, 2.24) is 20.4 Å². The molecule has 2 aliphatic rings. The predicted molar refractivity (Wildman–Crippen MR) is 94.9 cm³/mol. The van der Waals surface area contributed by atoms with Gasteiger partial charge in [0.25, 0.3) is 0 Å². The van der Waals surface area contributed by atoms with E-state index < -0.39 is 9.84 Å². The van der Waals surface area contributed by atoms with E-state index in [1.54, 1.807) is 0 Å². The highest BCUT2D eigenvalue weighted by Gasteiger charge is 2.21. The van der Waals surface area contributed by atoms with Crippen LogP contribution in [0.25, 0.3) is 0 Å². The Morgan fingerprint density at radius 1 is 1.08 bits per heavy atom. The lowest BCUT2D eigenvalue weighted by atomic mass is 10.4. The van der Waals surface area contributed by atoms with E-state index in [0.717, 1.165) is 39.0 Å². The van der Waals surface area contributed by atoms with Gasteiger partial charge in [-0.2, -0.15) is 0 Å². The zero-order valence-corrected chi connectivity index (χ0v) is 15.3. The highest BCUT2D eigenvalue weighted by atomic mass is 32.2. The molecule has 0 bridgehead atoms. The van der Waals surface area contributed by atoms with Crippen LogP contribution in [-0.2, 0) is 14.6 Å². The van der Waals surface area contributed by atoms with Crippen LogP contribution in [0.15, 0.2) is 4.99 Å². The van der Waals surface area contributed by atoms with E-state index >= 15 is 0 Å². The number of amides is 1. The Kier molecular flexibility index (Phi) is 7.29. The Bertz CT molecular complexity index is 529. The molecular formula is C15H29N5O3S. The summed E-state index contributed by atoms with van der Waals surface area (Å²) in [6, 6.07) is 0. The molecule has 9 heteroatoms. The van der Waals surface area contributed by atoms with Crippen LogP contribution < -0.4 is 10.6 Å². The number of carbonyl (C=O) groups excluding carboxylic acids is 1. The summed E-state index contributed by atoms with van der Waals surface area (Å²) in [7, 11) is -2.83. The number of carbonyl (C=O) groups is 1. The van der Waals surface area contributed by atoms with Crippen LogP contribution in [0.5, 0.6) is 0 Å². The number of hydrogen-bond donors (Lipinski definition) is 2. The van der Waals surface area contributed by atoms with Crippen LogP contribution in [0.4, 0.5) is 0 Å². The van der Waals surface area contributed by atoms with Gasteiger partial charge in [-0.1, -0.05) is 0 Å². The van der Waals surface area contributed by atoms with Crippen molar-refractivity contribution in [1.29, 1.82) is 0 Å². The minimum atomic E-state index is -2.83. The maximum absolute atomic E-state index is 12.0. The average molecular weight is 359 g/mol. The molecule has 0 radical (unpaired) electrons. The minimum absolute atomic E-state index is 0.0749. The molecule has 0 aromatic rings. The number of nitrogens with one attached hydrogen (secondary N) is 2. The van der Waals surface area contributed by atoms with Crippen molar-refractivity contribution in [2.24, 2.45) is 4.99 Å². The summed E-state index contributed by atoms with van der Waals surface area (Å²) in [5.74, 6) is 1.19. The molecule has 8 nitrogen and oxygen atoms in total. The number of hydrogen-bond acceptors (Lipinski definition) is 5. The topological polar surface area (TPSA) is 94.1 Å². The molecule has 1 amide bonds. The molecule has 138 valence electrons.